The Bertz CT molecular complexity index is 907. The molecule has 172 valence electrons. The third-order valence-electron chi connectivity index (χ3n) is 6.51. The van der Waals surface area contributed by atoms with Crippen molar-refractivity contribution in [2.24, 2.45) is 5.92 Å². The number of nitrogens with zero attached hydrogens (tertiary/aromatic N) is 5. The van der Waals surface area contributed by atoms with Crippen molar-refractivity contribution in [2.45, 2.75) is 44.6 Å². The van der Waals surface area contributed by atoms with Gasteiger partial charge in [-0.15, -0.1) is 0 Å². The molecule has 0 unspecified atom stereocenters. The molecule has 1 amide bonds. The van der Waals surface area contributed by atoms with Gasteiger partial charge in [0, 0.05) is 62.9 Å². The first-order valence-corrected chi connectivity index (χ1v) is 12.1. The van der Waals surface area contributed by atoms with E-state index in [1.807, 2.05) is 31.3 Å². The van der Waals surface area contributed by atoms with E-state index in [0.717, 1.165) is 35.2 Å². The van der Waals surface area contributed by atoms with Gasteiger partial charge in [0.15, 0.2) is 0 Å². The Kier molecular flexibility index (Phi) is 7.36. The Morgan fingerprint density at radius 3 is 2.56 bits per heavy atom. The fourth-order valence-corrected chi connectivity index (χ4v) is 5.14. The normalized spacial score (nSPS) is 17.7. The second-order valence-corrected chi connectivity index (χ2v) is 9.62. The summed E-state index contributed by atoms with van der Waals surface area (Å²) in [6, 6.07) is 7.91. The number of hydrogen-bond donors (Lipinski definition) is 1. The average Bonchev–Trinajstić information content (AvgIpc) is 3.28. The monoisotopic (exact) mass is 457 g/mol. The molecular weight excluding hydrogens is 426 g/mol. The molecule has 8 nitrogen and oxygen atoms in total. The second-order valence-electron chi connectivity index (χ2n) is 8.89. The number of carbonyl (C=O) groups excluding carboxylic acids is 1. The summed E-state index contributed by atoms with van der Waals surface area (Å²) >= 11 is 1.44. The van der Waals surface area contributed by atoms with Crippen molar-refractivity contribution in [3.05, 3.63) is 35.7 Å². The van der Waals surface area contributed by atoms with Crippen molar-refractivity contribution in [3.63, 3.8) is 0 Å². The van der Waals surface area contributed by atoms with Crippen LogP contribution in [0.4, 0.5) is 10.8 Å². The van der Waals surface area contributed by atoms with Gasteiger partial charge in [-0.1, -0.05) is 31.4 Å². The molecule has 4 rings (SSSR count). The SMILES string of the molecule is CN(CCN(C=O)c1ccc(CN2CC(C(=O)O)C2)cc1)c1nc(C2CCCCC2)ns1. The van der Waals surface area contributed by atoms with Crippen molar-refractivity contribution < 1.29 is 14.7 Å². The van der Waals surface area contributed by atoms with Crippen LogP contribution in [0.2, 0.25) is 0 Å². The summed E-state index contributed by atoms with van der Waals surface area (Å²) in [6.45, 7) is 3.15. The fourth-order valence-electron chi connectivity index (χ4n) is 4.41. The summed E-state index contributed by atoms with van der Waals surface area (Å²) < 4.78 is 4.59. The molecule has 0 radical (unpaired) electrons. The van der Waals surface area contributed by atoms with E-state index in [0.29, 0.717) is 32.1 Å². The lowest BCUT2D eigenvalue weighted by atomic mass is 9.89. The molecule has 0 spiro atoms. The molecule has 0 bridgehead atoms. The average molecular weight is 458 g/mol. The highest BCUT2D eigenvalue weighted by atomic mass is 32.1. The predicted octanol–water partition coefficient (Wildman–Crippen LogP) is 3.20. The maximum atomic E-state index is 11.7. The molecule has 9 heteroatoms. The van der Waals surface area contributed by atoms with Crippen molar-refractivity contribution in [1.29, 1.82) is 0 Å². The van der Waals surface area contributed by atoms with Gasteiger partial charge in [0.1, 0.15) is 5.82 Å². The molecule has 1 aromatic heterocycles. The maximum absolute atomic E-state index is 11.7. The molecule has 1 saturated carbocycles. The van der Waals surface area contributed by atoms with Crippen LogP contribution in [0, 0.1) is 5.92 Å². The number of rotatable bonds is 10. The van der Waals surface area contributed by atoms with Crippen molar-refractivity contribution in [3.8, 4) is 0 Å². The van der Waals surface area contributed by atoms with Gasteiger partial charge in [-0.2, -0.15) is 4.37 Å². The summed E-state index contributed by atoms with van der Waals surface area (Å²) in [5.41, 5.74) is 1.97. The first-order valence-electron chi connectivity index (χ1n) is 11.3. The topological polar surface area (TPSA) is 89.9 Å². The number of carbonyl (C=O) groups is 2. The van der Waals surface area contributed by atoms with Crippen LogP contribution >= 0.6 is 11.5 Å². The largest absolute Gasteiger partial charge is 0.481 e. The van der Waals surface area contributed by atoms with E-state index in [1.165, 1.54) is 43.6 Å². The van der Waals surface area contributed by atoms with Crippen LogP contribution < -0.4 is 9.80 Å². The lowest BCUT2D eigenvalue weighted by molar-refractivity contribution is -0.147. The Morgan fingerprint density at radius 1 is 1.19 bits per heavy atom. The molecule has 1 aliphatic carbocycles. The second kappa shape index (κ2) is 10.4. The molecule has 1 aliphatic heterocycles. The molecule has 0 atom stereocenters. The minimum absolute atomic E-state index is 0.247. The van der Waals surface area contributed by atoms with Crippen LogP contribution in [-0.4, -0.2) is 65.0 Å². The van der Waals surface area contributed by atoms with Gasteiger partial charge >= 0.3 is 5.97 Å². The van der Waals surface area contributed by atoms with Gasteiger partial charge in [-0.25, -0.2) is 4.98 Å². The van der Waals surface area contributed by atoms with Crippen LogP contribution in [0.25, 0.3) is 0 Å². The summed E-state index contributed by atoms with van der Waals surface area (Å²) in [5.74, 6) is 0.514. The summed E-state index contributed by atoms with van der Waals surface area (Å²) in [6.07, 6.45) is 7.09. The van der Waals surface area contributed by atoms with Crippen LogP contribution in [0.3, 0.4) is 0 Å². The zero-order valence-corrected chi connectivity index (χ0v) is 19.3. The molecule has 2 fully saturated rings. The maximum Gasteiger partial charge on any atom is 0.309 e. The highest BCUT2D eigenvalue weighted by molar-refractivity contribution is 7.09. The van der Waals surface area contributed by atoms with E-state index in [-0.39, 0.29) is 5.92 Å². The van der Waals surface area contributed by atoms with E-state index in [1.54, 1.807) is 4.90 Å². The molecule has 32 heavy (non-hydrogen) atoms. The summed E-state index contributed by atoms with van der Waals surface area (Å²) in [7, 11) is 1.99. The molecule has 1 N–H and O–H groups in total. The minimum Gasteiger partial charge on any atom is -0.481 e. The Hall–Kier alpha value is -2.52. The molecular formula is C23H31N5O3S. The van der Waals surface area contributed by atoms with Crippen LogP contribution in [-0.2, 0) is 16.1 Å². The fraction of sp³-hybridized carbons (Fsp3) is 0.565. The number of carboxylic acid groups (broad SMARTS) is 1. The molecule has 1 saturated heterocycles. The highest BCUT2D eigenvalue weighted by Gasteiger charge is 2.32. The van der Waals surface area contributed by atoms with Gasteiger partial charge in [0.25, 0.3) is 0 Å². The van der Waals surface area contributed by atoms with Gasteiger partial charge in [-0.3, -0.25) is 14.5 Å². The third-order valence-corrected chi connectivity index (χ3v) is 7.36. The number of aromatic nitrogens is 2. The summed E-state index contributed by atoms with van der Waals surface area (Å²) in [4.78, 5) is 33.3. The first-order chi connectivity index (χ1) is 15.5. The van der Waals surface area contributed by atoms with E-state index >= 15 is 0 Å². The van der Waals surface area contributed by atoms with E-state index in [4.69, 9.17) is 10.1 Å². The predicted molar refractivity (Wildman–Crippen MR) is 125 cm³/mol. The van der Waals surface area contributed by atoms with Crippen molar-refractivity contribution >= 4 is 34.7 Å². The van der Waals surface area contributed by atoms with Crippen LogP contribution in [0.1, 0.15) is 49.4 Å². The van der Waals surface area contributed by atoms with Crippen molar-refractivity contribution in [1.82, 2.24) is 14.3 Å². The highest BCUT2D eigenvalue weighted by Crippen LogP contribution is 2.32. The lowest BCUT2D eigenvalue weighted by Crippen LogP contribution is -2.49. The van der Waals surface area contributed by atoms with Gasteiger partial charge in [0.05, 0.1) is 5.92 Å². The zero-order chi connectivity index (χ0) is 22.5. The van der Waals surface area contributed by atoms with Gasteiger partial charge in [0.2, 0.25) is 11.5 Å². The Balaban J connectivity index is 1.27. The number of likely N-dealkylation sites (N-methyl/N-ethyl adjacent to an activating group) is 1. The van der Waals surface area contributed by atoms with E-state index < -0.39 is 5.97 Å². The van der Waals surface area contributed by atoms with Crippen LogP contribution in [0.5, 0.6) is 0 Å². The lowest BCUT2D eigenvalue weighted by Gasteiger charge is -2.36. The summed E-state index contributed by atoms with van der Waals surface area (Å²) in [5, 5.41) is 9.89. The zero-order valence-electron chi connectivity index (χ0n) is 18.5. The standard InChI is InChI=1S/C23H31N5O3S/c1-26(23-24-21(25-32-23)18-5-3-2-4-6-18)11-12-28(16-29)20-9-7-17(8-10-20)13-27-14-19(15-27)22(30)31/h7-10,16,18-19H,2-6,11-15H2,1H3,(H,30,31). The van der Waals surface area contributed by atoms with Gasteiger partial charge < -0.3 is 14.9 Å². The Labute approximate surface area is 193 Å². The number of anilines is 2. The number of aliphatic carboxylic acids is 1. The molecule has 2 heterocycles. The Morgan fingerprint density at radius 2 is 1.91 bits per heavy atom. The van der Waals surface area contributed by atoms with E-state index in [9.17, 15) is 9.59 Å². The quantitative estimate of drug-likeness (QED) is 0.548. The first kappa shape index (κ1) is 22.7. The van der Waals surface area contributed by atoms with E-state index in [2.05, 4.69) is 14.2 Å². The number of likely N-dealkylation sites (tertiary alicyclic amines) is 1. The number of carboxylic acids is 1. The molecule has 2 aliphatic rings. The minimum atomic E-state index is -0.720. The van der Waals surface area contributed by atoms with Crippen molar-refractivity contribution in [2.75, 3.05) is 43.0 Å². The third kappa shape index (κ3) is 5.45. The smallest absolute Gasteiger partial charge is 0.309 e. The number of amides is 1. The van der Waals surface area contributed by atoms with Crippen LogP contribution in [0.15, 0.2) is 24.3 Å². The number of hydrogen-bond acceptors (Lipinski definition) is 7. The number of benzene rings is 1. The van der Waals surface area contributed by atoms with Gasteiger partial charge in [-0.05, 0) is 30.5 Å². The molecule has 2 aromatic rings. The molecule has 1 aromatic carbocycles.